The molecule has 0 unspecified atom stereocenters. The van der Waals surface area contributed by atoms with Gasteiger partial charge < -0.3 is 5.11 Å². The number of nitrogens with zero attached hydrogens (tertiary/aromatic N) is 1. The summed E-state index contributed by atoms with van der Waals surface area (Å²) in [7, 11) is 2.08. The summed E-state index contributed by atoms with van der Waals surface area (Å²) in [5.74, 6) is -0.585. The smallest absolute Gasteiger partial charge is 0.324 e. The molecule has 0 saturated heterocycles. The normalized spacial score (nSPS) is 12.0. The van der Waals surface area contributed by atoms with Gasteiger partial charge >= 0.3 is 5.97 Å². The van der Waals surface area contributed by atoms with Gasteiger partial charge in [0.25, 0.3) is 0 Å². The number of likely N-dealkylation sites (N-methyl/N-ethyl adjacent to an activating group) is 1. The quantitative estimate of drug-likeness (QED) is 0.167. The molecular weight excluding hydrogens is 370 g/mol. The molecule has 3 nitrogen and oxygen atoms in total. The molecule has 0 heterocycles. The van der Waals surface area contributed by atoms with E-state index in [1.807, 2.05) is 0 Å². The predicted octanol–water partition coefficient (Wildman–Crippen LogP) is 8.60. The Morgan fingerprint density at radius 2 is 0.933 bits per heavy atom. The van der Waals surface area contributed by atoms with E-state index in [-0.39, 0.29) is 0 Å². The van der Waals surface area contributed by atoms with Crippen LogP contribution in [-0.4, -0.2) is 35.1 Å². The Bertz CT molecular complexity index is 367. The van der Waals surface area contributed by atoms with Crippen LogP contribution in [0.1, 0.15) is 149 Å². The Labute approximate surface area is 189 Å². The van der Waals surface area contributed by atoms with Gasteiger partial charge in [-0.05, 0) is 32.9 Å². The van der Waals surface area contributed by atoms with Crippen LogP contribution in [0.25, 0.3) is 0 Å². The molecule has 0 aliphatic heterocycles. The molecule has 0 spiro atoms. The highest BCUT2D eigenvalue weighted by Crippen LogP contribution is 2.30. The van der Waals surface area contributed by atoms with E-state index in [4.69, 9.17) is 0 Å². The number of rotatable bonds is 23. The molecule has 0 aliphatic rings. The first kappa shape index (κ1) is 29.4. The molecular formula is C27H55NO2. The lowest BCUT2D eigenvalue weighted by atomic mass is 9.84. The molecule has 0 atom stereocenters. The fraction of sp³-hybridized carbons (Fsp3) is 0.963. The van der Waals surface area contributed by atoms with Gasteiger partial charge in [-0.2, -0.15) is 0 Å². The lowest BCUT2D eigenvalue weighted by Crippen LogP contribution is -2.53. The number of unbranched alkanes of at least 4 members (excludes halogenated alkanes) is 15. The van der Waals surface area contributed by atoms with Crippen molar-refractivity contribution in [2.75, 3.05) is 13.6 Å². The molecule has 0 aromatic rings. The maximum Gasteiger partial charge on any atom is 0.324 e. The van der Waals surface area contributed by atoms with E-state index in [2.05, 4.69) is 32.7 Å². The van der Waals surface area contributed by atoms with Crippen molar-refractivity contribution in [2.24, 2.45) is 0 Å². The third-order valence-corrected chi connectivity index (χ3v) is 6.86. The standard InChI is InChI=1S/C27H55NO2/c1-5-8-11-14-17-20-23-27(26(29)30,24-21-18-15-12-9-6-2)28(4)25-22-19-16-13-10-7-3/h5-25H2,1-4H3,(H,29,30). The van der Waals surface area contributed by atoms with E-state index in [1.165, 1.54) is 96.3 Å². The predicted molar refractivity (Wildman–Crippen MR) is 132 cm³/mol. The third-order valence-electron chi connectivity index (χ3n) is 6.86. The third kappa shape index (κ3) is 13.7. The van der Waals surface area contributed by atoms with E-state index < -0.39 is 11.5 Å². The van der Waals surface area contributed by atoms with Crippen LogP contribution >= 0.6 is 0 Å². The zero-order chi connectivity index (χ0) is 22.5. The van der Waals surface area contributed by atoms with Gasteiger partial charge in [-0.1, -0.05) is 130 Å². The van der Waals surface area contributed by atoms with Gasteiger partial charge in [-0.3, -0.25) is 9.69 Å². The highest BCUT2D eigenvalue weighted by Gasteiger charge is 2.40. The molecule has 0 radical (unpaired) electrons. The zero-order valence-corrected chi connectivity index (χ0v) is 21.2. The molecule has 0 bridgehead atoms. The van der Waals surface area contributed by atoms with Crippen LogP contribution in [0.15, 0.2) is 0 Å². The van der Waals surface area contributed by atoms with E-state index in [9.17, 15) is 9.90 Å². The molecule has 0 aliphatic carbocycles. The Hall–Kier alpha value is -0.570. The SMILES string of the molecule is CCCCCCCCN(C)C(CCCCCCCC)(CCCCCCCC)C(=O)O. The molecule has 0 rings (SSSR count). The van der Waals surface area contributed by atoms with Crippen LogP contribution in [0.2, 0.25) is 0 Å². The molecule has 180 valence electrons. The number of carboxylic acid groups (broad SMARTS) is 1. The number of carbonyl (C=O) groups is 1. The molecule has 0 aromatic heterocycles. The van der Waals surface area contributed by atoms with Crippen molar-refractivity contribution < 1.29 is 9.90 Å². The minimum Gasteiger partial charge on any atom is -0.480 e. The van der Waals surface area contributed by atoms with E-state index in [0.29, 0.717) is 0 Å². The summed E-state index contributed by atoms with van der Waals surface area (Å²) in [5, 5.41) is 10.3. The number of hydrogen-bond donors (Lipinski definition) is 1. The topological polar surface area (TPSA) is 40.5 Å². The summed E-state index contributed by atoms with van der Waals surface area (Å²) in [6, 6.07) is 0. The molecule has 30 heavy (non-hydrogen) atoms. The van der Waals surface area contributed by atoms with Crippen molar-refractivity contribution in [3.63, 3.8) is 0 Å². The van der Waals surface area contributed by atoms with Crippen molar-refractivity contribution in [2.45, 2.75) is 155 Å². The summed E-state index contributed by atoms with van der Waals surface area (Å²) in [6.45, 7) is 7.66. The largest absolute Gasteiger partial charge is 0.480 e. The van der Waals surface area contributed by atoms with Gasteiger partial charge in [0.15, 0.2) is 0 Å². The minimum absolute atomic E-state index is 0.585. The lowest BCUT2D eigenvalue weighted by Gasteiger charge is -2.39. The summed E-state index contributed by atoms with van der Waals surface area (Å²) >= 11 is 0. The Kier molecular flexibility index (Phi) is 20.0. The van der Waals surface area contributed by atoms with Crippen molar-refractivity contribution in [1.82, 2.24) is 4.90 Å². The lowest BCUT2D eigenvalue weighted by molar-refractivity contribution is -0.152. The van der Waals surface area contributed by atoms with Gasteiger partial charge in [-0.25, -0.2) is 0 Å². The molecule has 1 N–H and O–H groups in total. The van der Waals surface area contributed by atoms with Crippen LogP contribution in [0.3, 0.4) is 0 Å². The van der Waals surface area contributed by atoms with Crippen molar-refractivity contribution in [3.05, 3.63) is 0 Å². The Morgan fingerprint density at radius 1 is 0.600 bits per heavy atom. The second-order valence-corrected chi connectivity index (χ2v) is 9.56. The number of carboxylic acids is 1. The number of hydrogen-bond acceptors (Lipinski definition) is 2. The first-order chi connectivity index (χ1) is 14.5. The Morgan fingerprint density at radius 3 is 1.30 bits per heavy atom. The summed E-state index contributed by atoms with van der Waals surface area (Å²) in [4.78, 5) is 14.7. The first-order valence-corrected chi connectivity index (χ1v) is 13.5. The van der Waals surface area contributed by atoms with Crippen LogP contribution in [0.5, 0.6) is 0 Å². The second-order valence-electron chi connectivity index (χ2n) is 9.56. The van der Waals surface area contributed by atoms with Crippen LogP contribution in [0, 0.1) is 0 Å². The molecule has 3 heteroatoms. The fourth-order valence-corrected chi connectivity index (χ4v) is 4.62. The van der Waals surface area contributed by atoms with E-state index >= 15 is 0 Å². The van der Waals surface area contributed by atoms with Crippen molar-refractivity contribution >= 4 is 5.97 Å². The van der Waals surface area contributed by atoms with E-state index in [1.54, 1.807) is 0 Å². The maximum absolute atomic E-state index is 12.5. The number of aliphatic carboxylic acids is 1. The molecule has 0 saturated carbocycles. The van der Waals surface area contributed by atoms with Crippen LogP contribution in [-0.2, 0) is 4.79 Å². The monoisotopic (exact) mass is 425 g/mol. The average molecular weight is 426 g/mol. The highest BCUT2D eigenvalue weighted by molar-refractivity contribution is 5.78. The summed E-state index contributed by atoms with van der Waals surface area (Å²) in [6.07, 6.45) is 23.9. The highest BCUT2D eigenvalue weighted by atomic mass is 16.4. The maximum atomic E-state index is 12.5. The molecule has 0 amide bonds. The van der Waals surface area contributed by atoms with Gasteiger partial charge in [0, 0.05) is 0 Å². The molecule has 0 aromatic carbocycles. The fourth-order valence-electron chi connectivity index (χ4n) is 4.62. The summed E-state index contributed by atoms with van der Waals surface area (Å²) in [5.41, 5.74) is -0.654. The van der Waals surface area contributed by atoms with Crippen molar-refractivity contribution in [3.8, 4) is 0 Å². The minimum atomic E-state index is -0.654. The summed E-state index contributed by atoms with van der Waals surface area (Å²) < 4.78 is 0. The van der Waals surface area contributed by atoms with Gasteiger partial charge in [0.05, 0.1) is 0 Å². The van der Waals surface area contributed by atoms with Crippen LogP contribution < -0.4 is 0 Å². The Balaban J connectivity index is 4.70. The molecule has 0 fully saturated rings. The average Bonchev–Trinajstić information content (AvgIpc) is 2.73. The van der Waals surface area contributed by atoms with E-state index in [0.717, 1.165) is 38.6 Å². The van der Waals surface area contributed by atoms with Crippen molar-refractivity contribution in [1.29, 1.82) is 0 Å². The van der Waals surface area contributed by atoms with Gasteiger partial charge in [0.1, 0.15) is 5.54 Å². The first-order valence-electron chi connectivity index (χ1n) is 13.5. The van der Waals surface area contributed by atoms with Crippen LogP contribution in [0.4, 0.5) is 0 Å². The zero-order valence-electron chi connectivity index (χ0n) is 21.2. The van der Waals surface area contributed by atoms with Gasteiger partial charge in [0.2, 0.25) is 0 Å². The second kappa shape index (κ2) is 20.3. The van der Waals surface area contributed by atoms with Gasteiger partial charge in [-0.15, -0.1) is 0 Å².